The molecule has 2 heterocycles. The summed E-state index contributed by atoms with van der Waals surface area (Å²) < 4.78 is 19.1. The summed E-state index contributed by atoms with van der Waals surface area (Å²) in [5.41, 5.74) is 3.21. The summed E-state index contributed by atoms with van der Waals surface area (Å²) in [7, 11) is 3.27. The van der Waals surface area contributed by atoms with Crippen molar-refractivity contribution >= 4 is 11.2 Å². The highest BCUT2D eigenvalue weighted by Gasteiger charge is 2.21. The Morgan fingerprint density at radius 3 is 2.25 bits per heavy atom. The lowest BCUT2D eigenvalue weighted by Crippen LogP contribution is -2.19. The van der Waals surface area contributed by atoms with Gasteiger partial charge in [0.2, 0.25) is 0 Å². The maximum absolute atomic E-state index is 8.24. The Morgan fingerprint density at radius 1 is 0.969 bits per heavy atom. The number of hydrogen-bond acceptors (Lipinski definition) is 6. The zero-order valence-electron chi connectivity index (χ0n) is 18.4. The standard InChI is InChI=1S/C24H27N5O3/c1-16(14-32-24(31-3)18-12-8-5-9-13-18)21-27-19-20(25)26-15-29(22(19)28-21)23(30-2)17-10-6-4-7-11-17/h4-13,15-16,23-25H,14H2,1-3H3,(H,27,28). The van der Waals surface area contributed by atoms with Crippen molar-refractivity contribution in [2.24, 2.45) is 0 Å². The number of aromatic nitrogens is 4. The Hall–Kier alpha value is -3.33. The fourth-order valence-corrected chi connectivity index (χ4v) is 3.63. The largest absolute Gasteiger partial charge is 0.357 e. The number of ether oxygens (including phenoxy) is 3. The number of fused-ring (bicyclic) bond motifs is 1. The van der Waals surface area contributed by atoms with E-state index >= 15 is 0 Å². The number of imidazole rings is 1. The molecular weight excluding hydrogens is 406 g/mol. The second-order valence-corrected chi connectivity index (χ2v) is 7.53. The fraction of sp³-hybridized carbons (Fsp3) is 0.292. The highest BCUT2D eigenvalue weighted by molar-refractivity contribution is 5.69. The number of nitrogens with one attached hydrogen (secondary N) is 2. The third-order valence-corrected chi connectivity index (χ3v) is 5.31. The predicted molar refractivity (Wildman–Crippen MR) is 120 cm³/mol. The Labute approximate surface area is 186 Å². The van der Waals surface area contributed by atoms with E-state index in [1.807, 2.05) is 72.2 Å². The molecule has 0 radical (unpaired) electrons. The van der Waals surface area contributed by atoms with Crippen LogP contribution in [0.4, 0.5) is 0 Å². The van der Waals surface area contributed by atoms with Crippen LogP contribution in [0.15, 0.2) is 67.0 Å². The van der Waals surface area contributed by atoms with E-state index in [0.29, 0.717) is 23.6 Å². The van der Waals surface area contributed by atoms with Gasteiger partial charge in [-0.05, 0) is 0 Å². The summed E-state index contributed by atoms with van der Waals surface area (Å²) in [5, 5.41) is 8.24. The van der Waals surface area contributed by atoms with Crippen LogP contribution in [0.5, 0.6) is 0 Å². The van der Waals surface area contributed by atoms with Gasteiger partial charge in [0, 0.05) is 31.3 Å². The minimum Gasteiger partial charge on any atom is -0.357 e. The molecule has 3 atom stereocenters. The predicted octanol–water partition coefficient (Wildman–Crippen LogP) is 3.90. The van der Waals surface area contributed by atoms with Gasteiger partial charge >= 0.3 is 0 Å². The SMILES string of the molecule is COC(OCC(C)c1nc2c([nH]1)c(=N)ncn2C(OC)c1ccccc1)c1ccccc1. The number of aromatic amines is 1. The Morgan fingerprint density at radius 2 is 1.62 bits per heavy atom. The second kappa shape index (κ2) is 9.86. The van der Waals surface area contributed by atoms with Gasteiger partial charge in [-0.25, -0.2) is 9.97 Å². The molecule has 0 aliphatic heterocycles. The molecular formula is C24H27N5O3. The number of benzene rings is 2. The number of H-pyrrole nitrogens is 1. The maximum Gasteiger partial charge on any atom is 0.183 e. The molecule has 4 rings (SSSR count). The van der Waals surface area contributed by atoms with E-state index in [2.05, 4.69) is 9.97 Å². The number of methoxy groups -OCH3 is 2. The van der Waals surface area contributed by atoms with Crippen LogP contribution in [0, 0.1) is 5.41 Å². The molecule has 4 aromatic rings. The summed E-state index contributed by atoms with van der Waals surface area (Å²) in [6, 6.07) is 19.6. The average Bonchev–Trinajstić information content (AvgIpc) is 3.29. The van der Waals surface area contributed by atoms with Crippen molar-refractivity contribution in [1.82, 2.24) is 19.5 Å². The lowest BCUT2D eigenvalue weighted by molar-refractivity contribution is -0.131. The smallest absolute Gasteiger partial charge is 0.183 e. The van der Waals surface area contributed by atoms with Crippen molar-refractivity contribution < 1.29 is 14.2 Å². The monoisotopic (exact) mass is 433 g/mol. The van der Waals surface area contributed by atoms with Crippen molar-refractivity contribution in [1.29, 1.82) is 5.41 Å². The third-order valence-electron chi connectivity index (χ3n) is 5.31. The van der Waals surface area contributed by atoms with E-state index in [1.54, 1.807) is 20.5 Å². The highest BCUT2D eigenvalue weighted by Crippen LogP contribution is 2.25. The summed E-state index contributed by atoms with van der Waals surface area (Å²) in [4.78, 5) is 12.3. The van der Waals surface area contributed by atoms with E-state index in [-0.39, 0.29) is 11.4 Å². The average molecular weight is 434 g/mol. The lowest BCUT2D eigenvalue weighted by Gasteiger charge is -2.19. The number of rotatable bonds is 9. The molecule has 0 spiro atoms. The summed E-state index contributed by atoms with van der Waals surface area (Å²) >= 11 is 0. The van der Waals surface area contributed by atoms with Crippen molar-refractivity contribution in [3.63, 3.8) is 0 Å². The number of hydrogen-bond donors (Lipinski definition) is 2. The van der Waals surface area contributed by atoms with Crippen molar-refractivity contribution in [2.75, 3.05) is 20.8 Å². The molecule has 0 aliphatic rings. The van der Waals surface area contributed by atoms with E-state index < -0.39 is 12.5 Å². The van der Waals surface area contributed by atoms with E-state index in [1.165, 1.54) is 0 Å². The summed E-state index contributed by atoms with van der Waals surface area (Å²) in [6.45, 7) is 2.40. The van der Waals surface area contributed by atoms with Gasteiger partial charge in [-0.1, -0.05) is 67.6 Å². The molecule has 0 saturated carbocycles. The van der Waals surface area contributed by atoms with Gasteiger partial charge in [-0.3, -0.25) is 9.98 Å². The van der Waals surface area contributed by atoms with Crippen LogP contribution in [0.2, 0.25) is 0 Å². The van der Waals surface area contributed by atoms with Gasteiger partial charge in [0.15, 0.2) is 23.7 Å². The minimum absolute atomic E-state index is 0.0608. The molecule has 2 aromatic carbocycles. The molecule has 2 aromatic heterocycles. The highest BCUT2D eigenvalue weighted by atomic mass is 16.7. The van der Waals surface area contributed by atoms with Crippen LogP contribution in [0.1, 0.15) is 42.3 Å². The zero-order valence-corrected chi connectivity index (χ0v) is 18.4. The van der Waals surface area contributed by atoms with Gasteiger partial charge in [0.1, 0.15) is 17.7 Å². The first kappa shape index (κ1) is 21.9. The second-order valence-electron chi connectivity index (χ2n) is 7.53. The first-order chi connectivity index (χ1) is 15.6. The quantitative estimate of drug-likeness (QED) is 0.390. The molecule has 166 valence electrons. The van der Waals surface area contributed by atoms with Crippen molar-refractivity contribution in [3.05, 3.63) is 89.4 Å². The van der Waals surface area contributed by atoms with E-state index in [4.69, 9.17) is 24.6 Å². The van der Waals surface area contributed by atoms with Crippen LogP contribution in [0.3, 0.4) is 0 Å². The van der Waals surface area contributed by atoms with Gasteiger partial charge in [0.05, 0.1) is 6.61 Å². The Balaban J connectivity index is 1.61. The van der Waals surface area contributed by atoms with Gasteiger partial charge in [-0.2, -0.15) is 0 Å². The van der Waals surface area contributed by atoms with Crippen LogP contribution in [-0.4, -0.2) is 40.3 Å². The van der Waals surface area contributed by atoms with Gasteiger partial charge < -0.3 is 19.2 Å². The van der Waals surface area contributed by atoms with Gasteiger partial charge in [0.25, 0.3) is 0 Å². The van der Waals surface area contributed by atoms with Gasteiger partial charge in [-0.15, -0.1) is 0 Å². The molecule has 3 unspecified atom stereocenters. The van der Waals surface area contributed by atoms with Crippen molar-refractivity contribution in [3.8, 4) is 0 Å². The molecule has 0 fully saturated rings. The first-order valence-electron chi connectivity index (χ1n) is 10.4. The normalized spacial score (nSPS) is 14.3. The summed E-state index contributed by atoms with van der Waals surface area (Å²) in [6.07, 6.45) is 0.719. The molecule has 8 nitrogen and oxygen atoms in total. The van der Waals surface area contributed by atoms with Crippen molar-refractivity contribution in [2.45, 2.75) is 25.4 Å². The van der Waals surface area contributed by atoms with E-state index in [9.17, 15) is 0 Å². The van der Waals surface area contributed by atoms with Crippen LogP contribution < -0.4 is 5.49 Å². The minimum atomic E-state index is -0.461. The lowest BCUT2D eigenvalue weighted by atomic mass is 10.2. The summed E-state index contributed by atoms with van der Waals surface area (Å²) in [5.74, 6) is 0.649. The van der Waals surface area contributed by atoms with Crippen LogP contribution in [-0.2, 0) is 14.2 Å². The Kier molecular flexibility index (Phi) is 6.75. The Bertz CT molecular complexity index is 1210. The molecule has 8 heteroatoms. The number of nitrogens with zero attached hydrogens (tertiary/aromatic N) is 3. The van der Waals surface area contributed by atoms with E-state index in [0.717, 1.165) is 11.1 Å². The third kappa shape index (κ3) is 4.47. The molecule has 32 heavy (non-hydrogen) atoms. The molecule has 0 saturated heterocycles. The molecule has 0 amide bonds. The zero-order chi connectivity index (χ0) is 22.5. The molecule has 2 N–H and O–H groups in total. The molecule has 0 aliphatic carbocycles. The fourth-order valence-electron chi connectivity index (χ4n) is 3.63. The molecule has 0 bridgehead atoms. The maximum atomic E-state index is 8.24. The van der Waals surface area contributed by atoms with Crippen LogP contribution in [0.25, 0.3) is 11.2 Å². The van der Waals surface area contributed by atoms with Crippen LogP contribution >= 0.6 is 0 Å². The first-order valence-corrected chi connectivity index (χ1v) is 10.4. The topological polar surface area (TPSA) is 98.0 Å².